The minimum Gasteiger partial charge on any atom is -0.352 e. The Morgan fingerprint density at radius 1 is 1.00 bits per heavy atom. The molecule has 3 nitrogen and oxygen atoms in total. The van der Waals surface area contributed by atoms with E-state index in [0.717, 1.165) is 21.7 Å². The molecule has 0 saturated heterocycles. The SMILES string of the molecule is O=C(NCCc1ccccc1)c1cccnc1SCc1cccc(Br)c1. The summed E-state index contributed by atoms with van der Waals surface area (Å²) < 4.78 is 1.05. The van der Waals surface area contributed by atoms with Gasteiger partial charge in [0.1, 0.15) is 5.03 Å². The van der Waals surface area contributed by atoms with Crippen LogP contribution in [0.2, 0.25) is 0 Å². The van der Waals surface area contributed by atoms with Gasteiger partial charge >= 0.3 is 0 Å². The fourth-order valence-corrected chi connectivity index (χ4v) is 3.90. The Balaban J connectivity index is 1.59. The number of carbonyl (C=O) groups is 1. The number of hydrogen-bond donors (Lipinski definition) is 1. The number of nitrogens with zero attached hydrogens (tertiary/aromatic N) is 1. The summed E-state index contributed by atoms with van der Waals surface area (Å²) >= 11 is 5.06. The van der Waals surface area contributed by atoms with Crippen molar-refractivity contribution in [1.29, 1.82) is 0 Å². The summed E-state index contributed by atoms with van der Waals surface area (Å²) in [5.74, 6) is 0.687. The molecule has 0 radical (unpaired) electrons. The van der Waals surface area contributed by atoms with E-state index in [4.69, 9.17) is 0 Å². The van der Waals surface area contributed by atoms with Gasteiger partial charge < -0.3 is 5.32 Å². The van der Waals surface area contributed by atoms with Gasteiger partial charge in [-0.15, -0.1) is 11.8 Å². The molecule has 0 aliphatic heterocycles. The summed E-state index contributed by atoms with van der Waals surface area (Å²) in [6.45, 7) is 0.605. The fraction of sp³-hybridized carbons (Fsp3) is 0.143. The third-order valence-corrected chi connectivity index (χ3v) is 5.39. The lowest BCUT2D eigenvalue weighted by Crippen LogP contribution is -2.26. The van der Waals surface area contributed by atoms with Gasteiger partial charge in [-0.05, 0) is 41.8 Å². The highest BCUT2D eigenvalue weighted by Crippen LogP contribution is 2.25. The number of aromatic nitrogens is 1. The summed E-state index contributed by atoms with van der Waals surface area (Å²) in [4.78, 5) is 16.9. The summed E-state index contributed by atoms with van der Waals surface area (Å²) in [6.07, 6.45) is 2.54. The molecular formula is C21H19BrN2OS. The van der Waals surface area contributed by atoms with Crippen LogP contribution in [0.1, 0.15) is 21.5 Å². The highest BCUT2D eigenvalue weighted by molar-refractivity contribution is 9.10. The molecule has 0 aliphatic carbocycles. The van der Waals surface area contributed by atoms with Crippen LogP contribution in [0.4, 0.5) is 0 Å². The second-order valence-electron chi connectivity index (χ2n) is 5.77. The Labute approximate surface area is 166 Å². The largest absolute Gasteiger partial charge is 0.352 e. The average molecular weight is 427 g/mol. The molecule has 3 rings (SSSR count). The van der Waals surface area contributed by atoms with E-state index >= 15 is 0 Å². The van der Waals surface area contributed by atoms with Gasteiger partial charge in [0.25, 0.3) is 5.91 Å². The second-order valence-corrected chi connectivity index (χ2v) is 7.65. The molecule has 1 aromatic heterocycles. The van der Waals surface area contributed by atoms with Crippen LogP contribution in [-0.4, -0.2) is 17.4 Å². The number of benzene rings is 2. The number of amides is 1. The van der Waals surface area contributed by atoms with Gasteiger partial charge in [0.2, 0.25) is 0 Å². The van der Waals surface area contributed by atoms with Crippen molar-refractivity contribution in [3.05, 3.63) is 94.1 Å². The number of nitrogens with one attached hydrogen (secondary N) is 1. The van der Waals surface area contributed by atoms with E-state index in [1.807, 2.05) is 36.4 Å². The Morgan fingerprint density at radius 2 is 1.81 bits per heavy atom. The Bertz CT molecular complexity index is 871. The first-order chi connectivity index (χ1) is 12.7. The van der Waals surface area contributed by atoms with Gasteiger partial charge in [-0.1, -0.05) is 58.4 Å². The minimum atomic E-state index is -0.0780. The molecule has 0 atom stereocenters. The normalized spacial score (nSPS) is 10.5. The maximum Gasteiger partial charge on any atom is 0.254 e. The summed E-state index contributed by atoms with van der Waals surface area (Å²) in [5, 5.41) is 3.75. The van der Waals surface area contributed by atoms with Crippen molar-refractivity contribution in [3.8, 4) is 0 Å². The highest BCUT2D eigenvalue weighted by atomic mass is 79.9. The zero-order chi connectivity index (χ0) is 18.2. The lowest BCUT2D eigenvalue weighted by molar-refractivity contribution is 0.0950. The lowest BCUT2D eigenvalue weighted by Gasteiger charge is -2.09. The van der Waals surface area contributed by atoms with Crippen LogP contribution in [0.5, 0.6) is 0 Å². The molecule has 5 heteroatoms. The van der Waals surface area contributed by atoms with Crippen LogP contribution >= 0.6 is 27.7 Å². The number of carbonyl (C=O) groups excluding carboxylic acids is 1. The molecule has 26 heavy (non-hydrogen) atoms. The van der Waals surface area contributed by atoms with Crippen molar-refractivity contribution in [3.63, 3.8) is 0 Å². The molecule has 0 bridgehead atoms. The third kappa shape index (κ3) is 5.44. The van der Waals surface area contributed by atoms with E-state index in [9.17, 15) is 4.79 Å². The van der Waals surface area contributed by atoms with Crippen molar-refractivity contribution < 1.29 is 4.79 Å². The van der Waals surface area contributed by atoms with E-state index in [2.05, 4.69) is 50.5 Å². The highest BCUT2D eigenvalue weighted by Gasteiger charge is 2.12. The topological polar surface area (TPSA) is 42.0 Å². The Hall–Kier alpha value is -2.11. The average Bonchev–Trinajstić information content (AvgIpc) is 2.67. The van der Waals surface area contributed by atoms with Gasteiger partial charge in [-0.25, -0.2) is 4.98 Å². The molecule has 0 saturated carbocycles. The Morgan fingerprint density at radius 3 is 2.62 bits per heavy atom. The van der Waals surface area contributed by atoms with Crippen LogP contribution in [-0.2, 0) is 12.2 Å². The standard InChI is InChI=1S/C21H19BrN2OS/c22-18-9-4-8-17(14-18)15-26-21-19(10-5-12-24-21)20(25)23-13-11-16-6-2-1-3-7-16/h1-10,12,14H,11,13,15H2,(H,23,25). The van der Waals surface area contributed by atoms with Crippen LogP contribution in [0.25, 0.3) is 0 Å². The molecule has 0 fully saturated rings. The zero-order valence-electron chi connectivity index (χ0n) is 14.2. The molecule has 0 spiro atoms. The number of hydrogen-bond acceptors (Lipinski definition) is 3. The second kappa shape index (κ2) is 9.55. The van der Waals surface area contributed by atoms with Crippen LogP contribution in [0, 0.1) is 0 Å². The molecule has 1 amide bonds. The zero-order valence-corrected chi connectivity index (χ0v) is 16.6. The molecule has 1 heterocycles. The summed E-state index contributed by atoms with van der Waals surface area (Å²) in [6, 6.07) is 21.9. The smallest absolute Gasteiger partial charge is 0.254 e. The molecule has 0 unspecified atom stereocenters. The first kappa shape index (κ1) is 18.7. The van der Waals surface area contributed by atoms with Crippen molar-refractivity contribution in [2.24, 2.45) is 0 Å². The van der Waals surface area contributed by atoms with Gasteiger partial charge in [0.05, 0.1) is 5.56 Å². The van der Waals surface area contributed by atoms with Crippen molar-refractivity contribution in [2.45, 2.75) is 17.2 Å². The molecule has 132 valence electrons. The van der Waals surface area contributed by atoms with Crippen LogP contribution in [0.3, 0.4) is 0 Å². The van der Waals surface area contributed by atoms with Gasteiger partial charge in [-0.2, -0.15) is 0 Å². The van der Waals surface area contributed by atoms with Crippen molar-refractivity contribution in [2.75, 3.05) is 6.54 Å². The summed E-state index contributed by atoms with van der Waals surface area (Å²) in [7, 11) is 0. The number of thioether (sulfide) groups is 1. The Kier molecular flexibility index (Phi) is 6.86. The predicted molar refractivity (Wildman–Crippen MR) is 110 cm³/mol. The lowest BCUT2D eigenvalue weighted by atomic mass is 10.1. The van der Waals surface area contributed by atoms with E-state index in [-0.39, 0.29) is 5.91 Å². The molecule has 2 aromatic carbocycles. The minimum absolute atomic E-state index is 0.0780. The maximum absolute atomic E-state index is 12.5. The molecular weight excluding hydrogens is 408 g/mol. The summed E-state index contributed by atoms with van der Waals surface area (Å²) in [5.41, 5.74) is 3.02. The van der Waals surface area contributed by atoms with Gasteiger partial charge in [-0.3, -0.25) is 4.79 Å². The first-order valence-electron chi connectivity index (χ1n) is 8.37. The number of rotatable bonds is 7. The van der Waals surface area contributed by atoms with E-state index < -0.39 is 0 Å². The quantitative estimate of drug-likeness (QED) is 0.533. The number of pyridine rings is 1. The van der Waals surface area contributed by atoms with E-state index in [1.165, 1.54) is 11.1 Å². The van der Waals surface area contributed by atoms with Crippen molar-refractivity contribution in [1.82, 2.24) is 10.3 Å². The third-order valence-electron chi connectivity index (χ3n) is 3.82. The first-order valence-corrected chi connectivity index (χ1v) is 10.1. The van der Waals surface area contributed by atoms with Gasteiger partial charge in [0, 0.05) is 23.0 Å². The van der Waals surface area contributed by atoms with Crippen LogP contribution in [0.15, 0.2) is 82.4 Å². The van der Waals surface area contributed by atoms with Gasteiger partial charge in [0.15, 0.2) is 0 Å². The molecule has 3 aromatic rings. The van der Waals surface area contributed by atoms with Crippen LogP contribution < -0.4 is 5.32 Å². The van der Waals surface area contributed by atoms with E-state index in [1.54, 1.807) is 24.0 Å². The van der Waals surface area contributed by atoms with E-state index in [0.29, 0.717) is 12.1 Å². The molecule has 0 aliphatic rings. The number of halogens is 1. The molecule has 1 N–H and O–H groups in total. The van der Waals surface area contributed by atoms with Crippen molar-refractivity contribution >= 4 is 33.6 Å². The maximum atomic E-state index is 12.5. The predicted octanol–water partition coefficient (Wildman–Crippen LogP) is 5.11. The monoisotopic (exact) mass is 426 g/mol. The fourth-order valence-electron chi connectivity index (χ4n) is 2.52.